The van der Waals surface area contributed by atoms with Gasteiger partial charge < -0.3 is 19.7 Å². The van der Waals surface area contributed by atoms with E-state index in [9.17, 15) is 9.59 Å². The van der Waals surface area contributed by atoms with E-state index in [-0.39, 0.29) is 5.91 Å². The zero-order valence-electron chi connectivity index (χ0n) is 8.82. The fraction of sp³-hybridized carbons (Fsp3) is 0.778. The van der Waals surface area contributed by atoms with Gasteiger partial charge in [-0.25, -0.2) is 4.79 Å². The van der Waals surface area contributed by atoms with E-state index in [1.165, 1.54) is 7.11 Å². The van der Waals surface area contributed by atoms with Crippen molar-refractivity contribution >= 4 is 12.0 Å². The average molecular weight is 216 g/mol. The first-order valence-electron chi connectivity index (χ1n) is 4.91. The van der Waals surface area contributed by atoms with Gasteiger partial charge in [0, 0.05) is 26.1 Å². The molecule has 1 N–H and O–H groups in total. The first kappa shape index (κ1) is 11.8. The number of hydrogen-bond acceptors (Lipinski definition) is 4. The zero-order valence-corrected chi connectivity index (χ0v) is 8.82. The minimum absolute atomic E-state index is 0.0368. The van der Waals surface area contributed by atoms with Gasteiger partial charge in [0.15, 0.2) is 0 Å². The summed E-state index contributed by atoms with van der Waals surface area (Å²) in [4.78, 5) is 24.0. The van der Waals surface area contributed by atoms with Crippen molar-refractivity contribution in [3.8, 4) is 0 Å². The topological polar surface area (TPSA) is 67.9 Å². The number of methoxy groups -OCH3 is 1. The smallest absolute Gasteiger partial charge is 0.406 e. The summed E-state index contributed by atoms with van der Waals surface area (Å²) in [6.07, 6.45) is -0.209. The van der Waals surface area contributed by atoms with Crippen LogP contribution in [0, 0.1) is 0 Å². The normalized spacial score (nSPS) is 15.9. The number of carbonyl (C=O) groups excluding carboxylic acids is 2. The number of rotatable bonds is 3. The SMILES string of the molecule is COC(=O)NCCC(=O)N1CCOCC1. The molecule has 2 amide bonds. The Morgan fingerprint density at radius 3 is 2.67 bits per heavy atom. The molecule has 0 saturated carbocycles. The summed E-state index contributed by atoms with van der Waals surface area (Å²) in [5.41, 5.74) is 0. The highest BCUT2D eigenvalue weighted by Crippen LogP contribution is 1.99. The molecule has 1 aliphatic rings. The van der Waals surface area contributed by atoms with E-state index in [0.29, 0.717) is 39.3 Å². The fourth-order valence-electron chi connectivity index (χ4n) is 1.31. The van der Waals surface area contributed by atoms with Crippen molar-refractivity contribution in [3.63, 3.8) is 0 Å². The molecular formula is C9H16N2O4. The Kier molecular flexibility index (Phi) is 4.89. The Labute approximate surface area is 88.5 Å². The minimum Gasteiger partial charge on any atom is -0.453 e. The molecule has 15 heavy (non-hydrogen) atoms. The van der Waals surface area contributed by atoms with Crippen LogP contribution in [0.2, 0.25) is 0 Å². The molecule has 1 rings (SSSR count). The summed E-state index contributed by atoms with van der Waals surface area (Å²) in [5.74, 6) is 0.0368. The van der Waals surface area contributed by atoms with Gasteiger partial charge >= 0.3 is 6.09 Å². The molecule has 0 radical (unpaired) electrons. The van der Waals surface area contributed by atoms with Gasteiger partial charge in [-0.1, -0.05) is 0 Å². The third-order valence-electron chi connectivity index (χ3n) is 2.16. The molecule has 0 atom stereocenters. The van der Waals surface area contributed by atoms with E-state index in [4.69, 9.17) is 4.74 Å². The number of ether oxygens (including phenoxy) is 2. The number of alkyl carbamates (subject to hydrolysis) is 1. The lowest BCUT2D eigenvalue weighted by Gasteiger charge is -2.26. The summed E-state index contributed by atoms with van der Waals surface area (Å²) >= 11 is 0. The van der Waals surface area contributed by atoms with Crippen LogP contribution in [0.25, 0.3) is 0 Å². The molecule has 1 heterocycles. The number of carbonyl (C=O) groups is 2. The predicted molar refractivity (Wildman–Crippen MR) is 52.4 cm³/mol. The van der Waals surface area contributed by atoms with Gasteiger partial charge in [0.2, 0.25) is 5.91 Å². The number of morpholine rings is 1. The van der Waals surface area contributed by atoms with Crippen LogP contribution in [0.4, 0.5) is 4.79 Å². The van der Waals surface area contributed by atoms with Crippen molar-refractivity contribution in [2.45, 2.75) is 6.42 Å². The molecule has 0 bridgehead atoms. The Hall–Kier alpha value is -1.30. The van der Waals surface area contributed by atoms with Crippen LogP contribution in [-0.4, -0.2) is 56.9 Å². The minimum atomic E-state index is -0.509. The monoisotopic (exact) mass is 216 g/mol. The molecule has 0 aliphatic carbocycles. The molecular weight excluding hydrogens is 200 g/mol. The first-order valence-corrected chi connectivity index (χ1v) is 4.91. The van der Waals surface area contributed by atoms with E-state index in [1.807, 2.05) is 0 Å². The van der Waals surface area contributed by atoms with Crippen molar-refractivity contribution in [1.29, 1.82) is 0 Å². The van der Waals surface area contributed by atoms with E-state index in [0.717, 1.165) is 0 Å². The Balaban J connectivity index is 2.14. The number of hydrogen-bond donors (Lipinski definition) is 1. The van der Waals surface area contributed by atoms with Gasteiger partial charge in [0.05, 0.1) is 20.3 Å². The molecule has 0 aromatic heterocycles. The van der Waals surface area contributed by atoms with Gasteiger partial charge in [0.1, 0.15) is 0 Å². The lowest BCUT2D eigenvalue weighted by Crippen LogP contribution is -2.42. The molecule has 6 heteroatoms. The van der Waals surface area contributed by atoms with Crippen LogP contribution in [-0.2, 0) is 14.3 Å². The quantitative estimate of drug-likeness (QED) is 0.696. The second kappa shape index (κ2) is 6.23. The highest BCUT2D eigenvalue weighted by molar-refractivity contribution is 5.77. The molecule has 0 aromatic carbocycles. The molecule has 1 fully saturated rings. The molecule has 86 valence electrons. The summed E-state index contributed by atoms with van der Waals surface area (Å²) in [7, 11) is 1.29. The third kappa shape index (κ3) is 4.16. The number of nitrogens with zero attached hydrogens (tertiary/aromatic N) is 1. The van der Waals surface area contributed by atoms with Crippen LogP contribution >= 0.6 is 0 Å². The lowest BCUT2D eigenvalue weighted by molar-refractivity contribution is -0.135. The van der Waals surface area contributed by atoms with Crippen molar-refractivity contribution in [2.75, 3.05) is 40.0 Å². The largest absolute Gasteiger partial charge is 0.453 e. The van der Waals surface area contributed by atoms with E-state index < -0.39 is 6.09 Å². The summed E-state index contributed by atoms with van der Waals surface area (Å²) < 4.78 is 9.51. The van der Waals surface area contributed by atoms with Gasteiger partial charge in [-0.2, -0.15) is 0 Å². The highest BCUT2D eigenvalue weighted by atomic mass is 16.5. The third-order valence-corrected chi connectivity index (χ3v) is 2.16. The summed E-state index contributed by atoms with van der Waals surface area (Å²) in [6.45, 7) is 2.77. The molecule has 1 saturated heterocycles. The second-order valence-electron chi connectivity index (χ2n) is 3.16. The fourth-order valence-corrected chi connectivity index (χ4v) is 1.31. The Morgan fingerprint density at radius 2 is 2.07 bits per heavy atom. The number of amides is 2. The predicted octanol–water partition coefficient (Wildman–Crippen LogP) is -0.409. The Bertz CT molecular complexity index is 226. The maximum Gasteiger partial charge on any atom is 0.406 e. The van der Waals surface area contributed by atoms with E-state index in [2.05, 4.69) is 10.1 Å². The van der Waals surface area contributed by atoms with E-state index >= 15 is 0 Å². The molecule has 0 spiro atoms. The maximum absolute atomic E-state index is 11.5. The van der Waals surface area contributed by atoms with Crippen molar-refractivity contribution in [3.05, 3.63) is 0 Å². The van der Waals surface area contributed by atoms with Gasteiger partial charge in [-0.05, 0) is 0 Å². The van der Waals surface area contributed by atoms with Crippen LogP contribution in [0.3, 0.4) is 0 Å². The summed E-state index contributed by atoms with van der Waals surface area (Å²) in [6, 6.07) is 0. The average Bonchev–Trinajstić information content (AvgIpc) is 2.29. The Morgan fingerprint density at radius 1 is 1.40 bits per heavy atom. The van der Waals surface area contributed by atoms with Crippen LogP contribution < -0.4 is 5.32 Å². The molecule has 0 aromatic rings. The van der Waals surface area contributed by atoms with Gasteiger partial charge in [-0.3, -0.25) is 4.79 Å². The standard InChI is InChI=1S/C9H16N2O4/c1-14-9(13)10-3-2-8(12)11-4-6-15-7-5-11/h2-7H2,1H3,(H,10,13). The van der Waals surface area contributed by atoms with E-state index in [1.54, 1.807) is 4.90 Å². The zero-order chi connectivity index (χ0) is 11.1. The molecule has 1 aliphatic heterocycles. The maximum atomic E-state index is 11.5. The van der Waals surface area contributed by atoms with Crippen molar-refractivity contribution in [1.82, 2.24) is 10.2 Å². The first-order chi connectivity index (χ1) is 7.24. The lowest BCUT2D eigenvalue weighted by atomic mass is 10.3. The van der Waals surface area contributed by atoms with Crippen molar-refractivity contribution in [2.24, 2.45) is 0 Å². The van der Waals surface area contributed by atoms with Gasteiger partial charge in [0.25, 0.3) is 0 Å². The van der Waals surface area contributed by atoms with Gasteiger partial charge in [-0.15, -0.1) is 0 Å². The van der Waals surface area contributed by atoms with Crippen molar-refractivity contribution < 1.29 is 19.1 Å². The van der Waals surface area contributed by atoms with Crippen LogP contribution in [0.1, 0.15) is 6.42 Å². The number of nitrogens with one attached hydrogen (secondary N) is 1. The van der Waals surface area contributed by atoms with Crippen LogP contribution in [0.5, 0.6) is 0 Å². The molecule has 6 nitrogen and oxygen atoms in total. The summed E-state index contributed by atoms with van der Waals surface area (Å²) in [5, 5.41) is 2.46. The highest BCUT2D eigenvalue weighted by Gasteiger charge is 2.16. The second-order valence-corrected chi connectivity index (χ2v) is 3.16. The molecule has 0 unspecified atom stereocenters. The van der Waals surface area contributed by atoms with Crippen LogP contribution in [0.15, 0.2) is 0 Å².